The van der Waals surface area contributed by atoms with E-state index in [2.05, 4.69) is 19.2 Å². The molecule has 66 valence electrons. The molecule has 11 heavy (non-hydrogen) atoms. The van der Waals surface area contributed by atoms with Crippen molar-refractivity contribution >= 4 is 6.29 Å². The van der Waals surface area contributed by atoms with E-state index in [1.807, 2.05) is 0 Å². The van der Waals surface area contributed by atoms with Gasteiger partial charge >= 0.3 is 0 Å². The minimum Gasteiger partial charge on any atom is -0.308 e. The molecule has 1 saturated heterocycles. The Labute approximate surface area is 69.4 Å². The summed E-state index contributed by atoms with van der Waals surface area (Å²) in [6, 6.07) is 0.167. The first-order chi connectivity index (χ1) is 5.35. The summed E-state index contributed by atoms with van der Waals surface area (Å²) < 4.78 is 0. The SMILES string of the molecule is CCCC.O=C[C@@H]1CCCN1. The molecule has 0 aromatic rings. The van der Waals surface area contributed by atoms with Crippen LogP contribution in [0, 0.1) is 0 Å². The van der Waals surface area contributed by atoms with Crippen LogP contribution in [0.4, 0.5) is 0 Å². The zero-order valence-corrected chi connectivity index (χ0v) is 7.60. The van der Waals surface area contributed by atoms with E-state index in [0.717, 1.165) is 25.7 Å². The number of nitrogens with one attached hydrogen (secondary N) is 1. The molecule has 1 aliphatic rings. The molecule has 2 nitrogen and oxygen atoms in total. The van der Waals surface area contributed by atoms with Crippen LogP contribution in [0.15, 0.2) is 0 Å². The maximum Gasteiger partial charge on any atom is 0.136 e. The van der Waals surface area contributed by atoms with Crippen LogP contribution in [0.2, 0.25) is 0 Å². The van der Waals surface area contributed by atoms with Crippen molar-refractivity contribution in [2.45, 2.75) is 45.6 Å². The lowest BCUT2D eigenvalue weighted by molar-refractivity contribution is -0.109. The zero-order chi connectivity index (χ0) is 8.53. The highest BCUT2D eigenvalue weighted by molar-refractivity contribution is 5.57. The molecule has 0 amide bonds. The maximum atomic E-state index is 9.94. The van der Waals surface area contributed by atoms with Crippen LogP contribution in [0.1, 0.15) is 39.5 Å². The fourth-order valence-electron chi connectivity index (χ4n) is 0.828. The topological polar surface area (TPSA) is 29.1 Å². The van der Waals surface area contributed by atoms with Gasteiger partial charge in [0.15, 0.2) is 0 Å². The van der Waals surface area contributed by atoms with Gasteiger partial charge in [0.2, 0.25) is 0 Å². The van der Waals surface area contributed by atoms with Gasteiger partial charge in [0.1, 0.15) is 6.29 Å². The molecule has 0 spiro atoms. The van der Waals surface area contributed by atoms with Gasteiger partial charge in [0.25, 0.3) is 0 Å². The van der Waals surface area contributed by atoms with Crippen molar-refractivity contribution in [2.75, 3.05) is 6.54 Å². The summed E-state index contributed by atoms with van der Waals surface area (Å²) in [4.78, 5) is 9.94. The van der Waals surface area contributed by atoms with E-state index in [-0.39, 0.29) is 6.04 Å². The summed E-state index contributed by atoms with van der Waals surface area (Å²) in [7, 11) is 0. The van der Waals surface area contributed by atoms with Gasteiger partial charge in [-0.1, -0.05) is 26.7 Å². The van der Waals surface area contributed by atoms with E-state index in [1.54, 1.807) is 0 Å². The molecule has 0 aromatic heterocycles. The average molecular weight is 157 g/mol. The van der Waals surface area contributed by atoms with E-state index < -0.39 is 0 Å². The lowest BCUT2D eigenvalue weighted by Crippen LogP contribution is -2.21. The van der Waals surface area contributed by atoms with Crippen LogP contribution >= 0.6 is 0 Å². The lowest BCUT2D eigenvalue weighted by Gasteiger charge is -1.93. The second-order valence-corrected chi connectivity index (χ2v) is 2.84. The minimum absolute atomic E-state index is 0.167. The quantitative estimate of drug-likeness (QED) is 0.619. The van der Waals surface area contributed by atoms with Gasteiger partial charge in [0, 0.05) is 0 Å². The molecule has 2 heteroatoms. The highest BCUT2D eigenvalue weighted by atomic mass is 16.1. The Kier molecular flexibility index (Phi) is 7.47. The fourth-order valence-corrected chi connectivity index (χ4v) is 0.828. The third-order valence-electron chi connectivity index (χ3n) is 1.76. The maximum absolute atomic E-state index is 9.94. The van der Waals surface area contributed by atoms with Gasteiger partial charge in [-0.15, -0.1) is 0 Å². The summed E-state index contributed by atoms with van der Waals surface area (Å²) >= 11 is 0. The molecule has 0 radical (unpaired) electrons. The number of carbonyl (C=O) groups is 1. The third kappa shape index (κ3) is 6.05. The molecule has 0 aromatic carbocycles. The number of aldehydes is 1. The van der Waals surface area contributed by atoms with Gasteiger partial charge < -0.3 is 10.1 Å². The first-order valence-corrected chi connectivity index (χ1v) is 4.53. The normalized spacial score (nSPS) is 22.2. The van der Waals surface area contributed by atoms with E-state index in [9.17, 15) is 4.79 Å². The van der Waals surface area contributed by atoms with Crippen molar-refractivity contribution < 1.29 is 4.79 Å². The van der Waals surface area contributed by atoms with E-state index in [1.165, 1.54) is 12.8 Å². The average Bonchev–Trinajstić information content (AvgIpc) is 2.56. The van der Waals surface area contributed by atoms with Crippen LogP contribution in [0.3, 0.4) is 0 Å². The number of unbranched alkanes of at least 4 members (excludes halogenated alkanes) is 1. The van der Waals surface area contributed by atoms with Crippen molar-refractivity contribution in [3.05, 3.63) is 0 Å². The van der Waals surface area contributed by atoms with Crippen molar-refractivity contribution in [3.63, 3.8) is 0 Å². The van der Waals surface area contributed by atoms with Gasteiger partial charge in [0.05, 0.1) is 6.04 Å². The summed E-state index contributed by atoms with van der Waals surface area (Å²) in [5, 5.41) is 3.04. The van der Waals surface area contributed by atoms with Crippen molar-refractivity contribution in [1.82, 2.24) is 5.32 Å². The van der Waals surface area contributed by atoms with Gasteiger partial charge in [-0.2, -0.15) is 0 Å². The predicted molar refractivity (Wildman–Crippen MR) is 47.7 cm³/mol. The van der Waals surface area contributed by atoms with Crippen LogP contribution in [-0.2, 0) is 4.79 Å². The Bertz CT molecular complexity index is 85.6. The second-order valence-electron chi connectivity index (χ2n) is 2.84. The first-order valence-electron chi connectivity index (χ1n) is 4.53. The number of rotatable bonds is 2. The highest BCUT2D eigenvalue weighted by Crippen LogP contribution is 2.00. The molecule has 0 aliphatic carbocycles. The van der Waals surface area contributed by atoms with Gasteiger partial charge in [-0.05, 0) is 19.4 Å². The molecular formula is C9H19NO. The Morgan fingerprint density at radius 1 is 1.45 bits per heavy atom. The van der Waals surface area contributed by atoms with Crippen molar-refractivity contribution in [2.24, 2.45) is 0 Å². The molecule has 1 rings (SSSR count). The summed E-state index contributed by atoms with van der Waals surface area (Å²) in [6.07, 6.45) is 5.81. The van der Waals surface area contributed by atoms with Crippen LogP contribution < -0.4 is 5.32 Å². The molecule has 0 bridgehead atoms. The number of hydrogen-bond acceptors (Lipinski definition) is 2. The zero-order valence-electron chi connectivity index (χ0n) is 7.60. The fraction of sp³-hybridized carbons (Fsp3) is 0.889. The van der Waals surface area contributed by atoms with Crippen LogP contribution in [0.5, 0.6) is 0 Å². The second kappa shape index (κ2) is 7.73. The highest BCUT2D eigenvalue weighted by Gasteiger charge is 2.10. The Hall–Kier alpha value is -0.370. The smallest absolute Gasteiger partial charge is 0.136 e. The van der Waals surface area contributed by atoms with E-state index >= 15 is 0 Å². The third-order valence-corrected chi connectivity index (χ3v) is 1.76. The van der Waals surface area contributed by atoms with Gasteiger partial charge in [-0.25, -0.2) is 0 Å². The van der Waals surface area contributed by atoms with Crippen LogP contribution in [-0.4, -0.2) is 18.9 Å². The molecule has 1 N–H and O–H groups in total. The monoisotopic (exact) mass is 157 g/mol. The summed E-state index contributed by atoms with van der Waals surface area (Å²) in [5.41, 5.74) is 0. The Balaban J connectivity index is 0.000000218. The predicted octanol–water partition coefficient (Wildman–Crippen LogP) is 1.74. The molecule has 1 fully saturated rings. The molecule has 1 aliphatic heterocycles. The standard InChI is InChI=1S/C5H9NO.C4H10/c7-4-5-2-1-3-6-5;1-3-4-2/h4-6H,1-3H2;3-4H2,1-2H3/t5-;/m0./s1. The van der Waals surface area contributed by atoms with Crippen molar-refractivity contribution in [3.8, 4) is 0 Å². The molecule has 1 atom stereocenters. The van der Waals surface area contributed by atoms with Crippen molar-refractivity contribution in [1.29, 1.82) is 0 Å². The van der Waals surface area contributed by atoms with Crippen LogP contribution in [0.25, 0.3) is 0 Å². The first kappa shape index (κ1) is 10.6. The largest absolute Gasteiger partial charge is 0.308 e. The van der Waals surface area contributed by atoms with Gasteiger partial charge in [-0.3, -0.25) is 0 Å². The summed E-state index contributed by atoms with van der Waals surface area (Å²) in [5.74, 6) is 0. The van der Waals surface area contributed by atoms with E-state index in [0.29, 0.717) is 0 Å². The molecular weight excluding hydrogens is 138 g/mol. The summed E-state index contributed by atoms with van der Waals surface area (Å²) in [6.45, 7) is 5.38. The molecule has 0 unspecified atom stereocenters. The number of carbonyl (C=O) groups excluding carboxylic acids is 1. The Morgan fingerprint density at radius 2 is 2.09 bits per heavy atom. The van der Waals surface area contributed by atoms with E-state index in [4.69, 9.17) is 0 Å². The number of hydrogen-bond donors (Lipinski definition) is 1. The lowest BCUT2D eigenvalue weighted by atomic mass is 10.2. The molecule has 1 heterocycles. The molecule has 0 saturated carbocycles. The minimum atomic E-state index is 0.167. The Morgan fingerprint density at radius 3 is 2.27 bits per heavy atom.